The van der Waals surface area contributed by atoms with Crippen molar-refractivity contribution in [3.8, 4) is 0 Å². The zero-order chi connectivity index (χ0) is 18.5. The number of hydrogen-bond acceptors (Lipinski definition) is 3. The quantitative estimate of drug-likeness (QED) is 0.588. The molecule has 0 saturated carbocycles. The van der Waals surface area contributed by atoms with E-state index in [0.717, 1.165) is 12.8 Å². The predicted octanol–water partition coefficient (Wildman–Crippen LogP) is 3.89. The second-order valence-electron chi connectivity index (χ2n) is 6.46. The van der Waals surface area contributed by atoms with Gasteiger partial charge in [0.25, 0.3) is 5.91 Å². The van der Waals surface area contributed by atoms with E-state index in [-0.39, 0.29) is 17.3 Å². The van der Waals surface area contributed by atoms with Gasteiger partial charge < -0.3 is 0 Å². The first kappa shape index (κ1) is 17.9. The zero-order valence-electron chi connectivity index (χ0n) is 14.7. The summed E-state index contributed by atoms with van der Waals surface area (Å²) in [4.78, 5) is 42.9. The lowest BCUT2D eigenvalue weighted by molar-refractivity contribution is -0.133. The minimum atomic E-state index is -1.03. The molecule has 0 saturated heterocycles. The highest BCUT2D eigenvalue weighted by Gasteiger charge is 2.43. The van der Waals surface area contributed by atoms with Crippen LogP contribution >= 0.6 is 0 Å². The van der Waals surface area contributed by atoms with Crippen molar-refractivity contribution >= 4 is 23.2 Å². The highest BCUT2D eigenvalue weighted by atomic mass is 16.2. The number of aliphatic imine (C=N–C) groups is 1. The fourth-order valence-electron chi connectivity index (χ4n) is 3.26. The summed E-state index contributed by atoms with van der Waals surface area (Å²) in [7, 11) is 0. The molecule has 2 atom stereocenters. The Balaban J connectivity index is 2.06. The van der Waals surface area contributed by atoms with Gasteiger partial charge in [0.1, 0.15) is 5.92 Å². The number of Topliss-reactive ketones (excluding diaryl/α,β-unsaturated/α-hetero) is 2. The average Bonchev–Trinajstić information content (AvgIpc) is 2.68. The fraction of sp³-hybridized carbons (Fsp3) is 0.273. The highest BCUT2D eigenvalue weighted by molar-refractivity contribution is 6.35. The standard InChI is InChI=1S/C22H21NO3/c1-2-3-14-17-21(25)18(20(24)16-12-8-5-9-13-16)19(23-22(17)26)15-10-6-4-7-11-15/h4-13,17-18H,2-3,14H2,1H3. The fourth-order valence-corrected chi connectivity index (χ4v) is 3.26. The van der Waals surface area contributed by atoms with Crippen molar-refractivity contribution in [3.05, 3.63) is 71.8 Å². The van der Waals surface area contributed by atoms with E-state index in [2.05, 4.69) is 4.99 Å². The number of rotatable bonds is 6. The molecule has 2 unspecified atom stereocenters. The van der Waals surface area contributed by atoms with Gasteiger partial charge in [0.05, 0.1) is 11.6 Å². The minimum Gasteiger partial charge on any atom is -0.298 e. The molecule has 132 valence electrons. The lowest BCUT2D eigenvalue weighted by Crippen LogP contribution is -2.43. The molecule has 4 heteroatoms. The van der Waals surface area contributed by atoms with Crippen LogP contribution < -0.4 is 0 Å². The first-order chi connectivity index (χ1) is 12.6. The maximum absolute atomic E-state index is 13.1. The molecule has 0 fully saturated rings. The van der Waals surface area contributed by atoms with Gasteiger partial charge in [-0.15, -0.1) is 0 Å². The third-order valence-electron chi connectivity index (χ3n) is 4.67. The first-order valence-electron chi connectivity index (χ1n) is 8.94. The van der Waals surface area contributed by atoms with Crippen LogP contribution in [-0.2, 0) is 9.59 Å². The highest BCUT2D eigenvalue weighted by Crippen LogP contribution is 2.28. The van der Waals surface area contributed by atoms with Crippen LogP contribution in [0, 0.1) is 11.8 Å². The molecule has 0 spiro atoms. The Morgan fingerprint density at radius 1 is 0.962 bits per heavy atom. The number of ketones is 2. The topological polar surface area (TPSA) is 63.6 Å². The zero-order valence-corrected chi connectivity index (χ0v) is 14.7. The van der Waals surface area contributed by atoms with Gasteiger partial charge in [-0.05, 0) is 12.0 Å². The average molecular weight is 347 g/mol. The molecule has 0 N–H and O–H groups in total. The van der Waals surface area contributed by atoms with Gasteiger partial charge in [-0.25, -0.2) is 4.99 Å². The number of benzene rings is 2. The summed E-state index contributed by atoms with van der Waals surface area (Å²) in [5, 5.41) is 0. The minimum absolute atomic E-state index is 0.266. The smallest absolute Gasteiger partial charge is 0.256 e. The van der Waals surface area contributed by atoms with Crippen molar-refractivity contribution in [1.82, 2.24) is 0 Å². The molecule has 3 rings (SSSR count). The number of carbonyl (C=O) groups excluding carboxylic acids is 3. The van der Waals surface area contributed by atoms with Crippen molar-refractivity contribution < 1.29 is 14.4 Å². The molecule has 1 aliphatic heterocycles. The van der Waals surface area contributed by atoms with Crippen LogP contribution in [0.5, 0.6) is 0 Å². The van der Waals surface area contributed by atoms with Crippen molar-refractivity contribution in [1.29, 1.82) is 0 Å². The van der Waals surface area contributed by atoms with E-state index in [1.54, 1.807) is 48.5 Å². The van der Waals surface area contributed by atoms with Crippen LogP contribution in [0.4, 0.5) is 0 Å². The van der Waals surface area contributed by atoms with Crippen LogP contribution in [0.1, 0.15) is 42.1 Å². The Morgan fingerprint density at radius 3 is 2.19 bits per heavy atom. The molecule has 0 bridgehead atoms. The van der Waals surface area contributed by atoms with Gasteiger partial charge >= 0.3 is 0 Å². The van der Waals surface area contributed by atoms with Crippen molar-refractivity contribution in [2.75, 3.05) is 0 Å². The van der Waals surface area contributed by atoms with Gasteiger partial charge in [-0.3, -0.25) is 14.4 Å². The van der Waals surface area contributed by atoms with Gasteiger partial charge in [-0.1, -0.05) is 80.4 Å². The Morgan fingerprint density at radius 2 is 1.58 bits per heavy atom. The van der Waals surface area contributed by atoms with Crippen LogP contribution in [0.25, 0.3) is 0 Å². The van der Waals surface area contributed by atoms with Crippen LogP contribution in [0.3, 0.4) is 0 Å². The molecule has 4 nitrogen and oxygen atoms in total. The van der Waals surface area contributed by atoms with Gasteiger partial charge in [0.15, 0.2) is 11.6 Å². The largest absolute Gasteiger partial charge is 0.298 e. The monoisotopic (exact) mass is 347 g/mol. The summed E-state index contributed by atoms with van der Waals surface area (Å²) in [6.45, 7) is 2.00. The van der Waals surface area contributed by atoms with Gasteiger partial charge in [0, 0.05) is 5.56 Å². The molecule has 0 aromatic heterocycles. The van der Waals surface area contributed by atoms with E-state index in [1.807, 2.05) is 19.1 Å². The van der Waals surface area contributed by atoms with Crippen molar-refractivity contribution in [2.24, 2.45) is 16.8 Å². The molecule has 0 radical (unpaired) electrons. The van der Waals surface area contributed by atoms with E-state index < -0.39 is 17.7 Å². The number of hydrogen-bond donors (Lipinski definition) is 0. The van der Waals surface area contributed by atoms with E-state index >= 15 is 0 Å². The predicted molar refractivity (Wildman–Crippen MR) is 100 cm³/mol. The maximum atomic E-state index is 13.1. The van der Waals surface area contributed by atoms with Crippen LogP contribution in [0.2, 0.25) is 0 Å². The summed E-state index contributed by atoms with van der Waals surface area (Å²) in [5.74, 6) is -2.91. The first-order valence-corrected chi connectivity index (χ1v) is 8.94. The second kappa shape index (κ2) is 8.00. The Labute approximate surface area is 153 Å². The third kappa shape index (κ3) is 3.54. The van der Waals surface area contributed by atoms with E-state index in [9.17, 15) is 14.4 Å². The normalized spacial score (nSPS) is 20.0. The molecular formula is C22H21NO3. The summed E-state index contributed by atoms with van der Waals surface area (Å²) in [6.07, 6.45) is 2.08. The number of amides is 1. The summed E-state index contributed by atoms with van der Waals surface area (Å²) in [6, 6.07) is 17.7. The Bertz CT molecular complexity index is 840. The Kier molecular flexibility index (Phi) is 5.52. The lowest BCUT2D eigenvalue weighted by atomic mass is 9.77. The van der Waals surface area contributed by atoms with E-state index in [4.69, 9.17) is 0 Å². The molecule has 0 aliphatic carbocycles. The second-order valence-corrected chi connectivity index (χ2v) is 6.46. The molecule has 26 heavy (non-hydrogen) atoms. The molecule has 2 aromatic rings. The van der Waals surface area contributed by atoms with E-state index in [0.29, 0.717) is 17.5 Å². The number of unbranched alkanes of at least 4 members (excludes halogenated alkanes) is 1. The summed E-state index contributed by atoms with van der Waals surface area (Å²) in [5.41, 5.74) is 1.36. The third-order valence-corrected chi connectivity index (χ3v) is 4.67. The van der Waals surface area contributed by atoms with E-state index in [1.165, 1.54) is 0 Å². The molecular weight excluding hydrogens is 326 g/mol. The Hall–Kier alpha value is -2.88. The van der Waals surface area contributed by atoms with Gasteiger partial charge in [0.2, 0.25) is 0 Å². The van der Waals surface area contributed by atoms with Crippen LogP contribution in [-0.4, -0.2) is 23.2 Å². The molecule has 1 aliphatic rings. The maximum Gasteiger partial charge on any atom is 0.256 e. The number of nitrogens with zero attached hydrogens (tertiary/aromatic N) is 1. The molecule has 1 heterocycles. The SMILES string of the molecule is CCCCC1C(=O)N=C(c2ccccc2)C(C(=O)c2ccccc2)C1=O. The number of carbonyl (C=O) groups is 3. The lowest BCUT2D eigenvalue weighted by Gasteiger charge is -2.26. The van der Waals surface area contributed by atoms with Crippen LogP contribution in [0.15, 0.2) is 65.7 Å². The summed E-state index contributed by atoms with van der Waals surface area (Å²) < 4.78 is 0. The molecule has 1 amide bonds. The van der Waals surface area contributed by atoms with Gasteiger partial charge in [-0.2, -0.15) is 0 Å². The van der Waals surface area contributed by atoms with Crippen molar-refractivity contribution in [2.45, 2.75) is 26.2 Å². The summed E-state index contributed by atoms with van der Waals surface area (Å²) >= 11 is 0. The molecule has 2 aromatic carbocycles. The van der Waals surface area contributed by atoms with Crippen molar-refractivity contribution in [3.63, 3.8) is 0 Å².